The summed E-state index contributed by atoms with van der Waals surface area (Å²) in [4.78, 5) is 18.4. The Morgan fingerprint density at radius 1 is 1.10 bits per heavy atom. The Balaban J connectivity index is 1.56. The number of hydrogen-bond acceptors (Lipinski definition) is 4. The molecule has 3 aromatic rings. The van der Waals surface area contributed by atoms with Gasteiger partial charge in [-0.05, 0) is 37.7 Å². The highest BCUT2D eigenvalue weighted by Gasteiger charge is 2.33. The number of nitrogens with zero attached hydrogens (tertiary/aromatic N) is 2. The normalized spacial score (nSPS) is 11.7. The van der Waals surface area contributed by atoms with Gasteiger partial charge in [-0.15, -0.1) is 11.3 Å². The SMILES string of the molecule is Cc1ccc(NC(=O)Cc2nc(CN(C)Cc3ccccc3C(F)(F)F)cs2)cc1. The maximum atomic E-state index is 13.2. The third-order valence-electron chi connectivity index (χ3n) is 4.44. The minimum absolute atomic E-state index is 0.149. The van der Waals surface area contributed by atoms with Gasteiger partial charge in [-0.25, -0.2) is 4.98 Å². The van der Waals surface area contributed by atoms with E-state index in [1.165, 1.54) is 23.5 Å². The Morgan fingerprint density at radius 3 is 2.50 bits per heavy atom. The second-order valence-electron chi connectivity index (χ2n) is 7.15. The number of amides is 1. The zero-order valence-corrected chi connectivity index (χ0v) is 17.5. The van der Waals surface area contributed by atoms with Crippen LogP contribution in [0, 0.1) is 6.92 Å². The number of rotatable bonds is 7. The van der Waals surface area contributed by atoms with Crippen LogP contribution >= 0.6 is 11.3 Å². The molecule has 158 valence electrons. The summed E-state index contributed by atoms with van der Waals surface area (Å²) in [6.07, 6.45) is -4.23. The molecular formula is C22H22F3N3OS. The van der Waals surface area contributed by atoms with Gasteiger partial charge < -0.3 is 5.32 Å². The van der Waals surface area contributed by atoms with Crippen LogP contribution in [0.2, 0.25) is 0 Å². The van der Waals surface area contributed by atoms with Crippen LogP contribution in [-0.4, -0.2) is 22.8 Å². The molecule has 8 heteroatoms. The third-order valence-corrected chi connectivity index (χ3v) is 5.34. The van der Waals surface area contributed by atoms with E-state index >= 15 is 0 Å². The molecule has 0 spiro atoms. The molecule has 0 aliphatic heterocycles. The van der Waals surface area contributed by atoms with Gasteiger partial charge in [0, 0.05) is 24.2 Å². The number of thiazole rings is 1. The van der Waals surface area contributed by atoms with Crippen LogP contribution in [0.3, 0.4) is 0 Å². The number of aryl methyl sites for hydroxylation is 1. The van der Waals surface area contributed by atoms with Crippen LogP contribution in [0.15, 0.2) is 53.9 Å². The van der Waals surface area contributed by atoms with E-state index in [-0.39, 0.29) is 24.4 Å². The van der Waals surface area contributed by atoms with E-state index in [0.29, 0.717) is 11.6 Å². The van der Waals surface area contributed by atoms with Crippen LogP contribution in [-0.2, 0) is 30.5 Å². The Hall–Kier alpha value is -2.71. The molecule has 0 fully saturated rings. The molecule has 30 heavy (non-hydrogen) atoms. The molecule has 0 radical (unpaired) electrons. The molecule has 1 aromatic heterocycles. The number of benzene rings is 2. The summed E-state index contributed by atoms with van der Waals surface area (Å²) < 4.78 is 39.5. The van der Waals surface area contributed by atoms with E-state index in [4.69, 9.17) is 0 Å². The van der Waals surface area contributed by atoms with Gasteiger partial charge in [0.05, 0.1) is 17.7 Å². The van der Waals surface area contributed by atoms with Gasteiger partial charge in [0.1, 0.15) is 5.01 Å². The minimum atomic E-state index is -4.38. The number of carbonyl (C=O) groups is 1. The lowest BCUT2D eigenvalue weighted by molar-refractivity contribution is -0.138. The Kier molecular flexibility index (Phi) is 6.89. The van der Waals surface area contributed by atoms with Crippen LogP contribution in [0.5, 0.6) is 0 Å². The molecule has 0 aliphatic rings. The first kappa shape index (κ1) is 22.0. The molecule has 0 saturated carbocycles. The molecule has 1 N–H and O–H groups in total. The van der Waals surface area contributed by atoms with E-state index < -0.39 is 11.7 Å². The van der Waals surface area contributed by atoms with Gasteiger partial charge in [-0.2, -0.15) is 13.2 Å². The van der Waals surface area contributed by atoms with Crippen molar-refractivity contribution in [3.05, 3.63) is 81.3 Å². The summed E-state index contributed by atoms with van der Waals surface area (Å²) >= 11 is 1.37. The van der Waals surface area contributed by atoms with Crippen molar-refractivity contribution in [2.24, 2.45) is 0 Å². The van der Waals surface area contributed by atoms with Gasteiger partial charge in [0.15, 0.2) is 0 Å². The molecular weight excluding hydrogens is 411 g/mol. The van der Waals surface area contributed by atoms with E-state index in [2.05, 4.69) is 10.3 Å². The van der Waals surface area contributed by atoms with Crippen molar-refractivity contribution < 1.29 is 18.0 Å². The number of carbonyl (C=O) groups excluding carboxylic acids is 1. The zero-order chi connectivity index (χ0) is 21.7. The Morgan fingerprint density at radius 2 is 1.80 bits per heavy atom. The topological polar surface area (TPSA) is 45.2 Å². The Bertz CT molecular complexity index is 999. The standard InChI is InChI=1S/C22H22F3N3OS/c1-15-7-9-17(10-8-15)26-20(29)11-21-27-18(14-30-21)13-28(2)12-16-5-3-4-6-19(16)22(23,24)25/h3-10,14H,11-13H2,1-2H3,(H,26,29). The number of aromatic nitrogens is 1. The summed E-state index contributed by atoms with van der Waals surface area (Å²) in [6, 6.07) is 13.1. The molecule has 3 rings (SSSR count). The highest BCUT2D eigenvalue weighted by Crippen LogP contribution is 2.32. The molecule has 0 saturated heterocycles. The van der Waals surface area contributed by atoms with Crippen molar-refractivity contribution >= 4 is 22.9 Å². The van der Waals surface area contributed by atoms with Gasteiger partial charge in [-0.1, -0.05) is 35.9 Å². The number of halogens is 3. The van der Waals surface area contributed by atoms with E-state index in [0.717, 1.165) is 23.0 Å². The smallest absolute Gasteiger partial charge is 0.326 e. The first-order valence-electron chi connectivity index (χ1n) is 9.34. The number of anilines is 1. The molecule has 2 aromatic carbocycles. The maximum Gasteiger partial charge on any atom is 0.416 e. The van der Waals surface area contributed by atoms with E-state index in [1.54, 1.807) is 18.0 Å². The van der Waals surface area contributed by atoms with Gasteiger partial charge in [0.2, 0.25) is 5.91 Å². The van der Waals surface area contributed by atoms with E-state index in [1.807, 2.05) is 36.6 Å². The van der Waals surface area contributed by atoms with Crippen molar-refractivity contribution in [3.8, 4) is 0 Å². The number of nitrogens with one attached hydrogen (secondary N) is 1. The van der Waals surface area contributed by atoms with E-state index in [9.17, 15) is 18.0 Å². The predicted molar refractivity (Wildman–Crippen MR) is 112 cm³/mol. The van der Waals surface area contributed by atoms with Crippen molar-refractivity contribution in [1.82, 2.24) is 9.88 Å². The fourth-order valence-corrected chi connectivity index (χ4v) is 3.82. The van der Waals surface area contributed by atoms with Crippen molar-refractivity contribution in [2.45, 2.75) is 32.6 Å². The first-order chi connectivity index (χ1) is 14.2. The average Bonchev–Trinajstić information content (AvgIpc) is 3.09. The summed E-state index contributed by atoms with van der Waals surface area (Å²) in [7, 11) is 1.75. The maximum absolute atomic E-state index is 13.2. The van der Waals surface area contributed by atoms with Gasteiger partial charge in [-0.3, -0.25) is 9.69 Å². The van der Waals surface area contributed by atoms with Gasteiger partial charge in [0.25, 0.3) is 0 Å². The van der Waals surface area contributed by atoms with Crippen molar-refractivity contribution in [3.63, 3.8) is 0 Å². The molecule has 0 bridgehead atoms. The van der Waals surface area contributed by atoms with Crippen molar-refractivity contribution in [2.75, 3.05) is 12.4 Å². The minimum Gasteiger partial charge on any atom is -0.326 e. The zero-order valence-electron chi connectivity index (χ0n) is 16.7. The molecule has 0 unspecified atom stereocenters. The Labute approximate surface area is 177 Å². The van der Waals surface area contributed by atoms with Crippen LogP contribution in [0.4, 0.5) is 18.9 Å². The lowest BCUT2D eigenvalue weighted by Gasteiger charge is -2.19. The summed E-state index contributed by atoms with van der Waals surface area (Å²) in [5, 5.41) is 5.33. The molecule has 1 amide bonds. The largest absolute Gasteiger partial charge is 0.416 e. The van der Waals surface area contributed by atoms with Crippen LogP contribution in [0.1, 0.15) is 27.4 Å². The highest BCUT2D eigenvalue weighted by molar-refractivity contribution is 7.09. The quantitative estimate of drug-likeness (QED) is 0.551. The molecule has 1 heterocycles. The number of hydrogen-bond donors (Lipinski definition) is 1. The van der Waals surface area contributed by atoms with Crippen LogP contribution in [0.25, 0.3) is 0 Å². The summed E-state index contributed by atoms with van der Waals surface area (Å²) in [5.41, 5.74) is 2.17. The van der Waals surface area contributed by atoms with Crippen LogP contribution < -0.4 is 5.32 Å². The third kappa shape index (κ3) is 6.14. The predicted octanol–water partition coefficient (Wildman–Crippen LogP) is 5.28. The molecule has 0 atom stereocenters. The lowest BCUT2D eigenvalue weighted by atomic mass is 10.1. The highest BCUT2D eigenvalue weighted by atomic mass is 32.1. The molecule has 4 nitrogen and oxygen atoms in total. The fourth-order valence-electron chi connectivity index (χ4n) is 3.04. The lowest BCUT2D eigenvalue weighted by Crippen LogP contribution is -2.20. The first-order valence-corrected chi connectivity index (χ1v) is 10.2. The second-order valence-corrected chi connectivity index (χ2v) is 8.09. The summed E-state index contributed by atoms with van der Waals surface area (Å²) in [6.45, 7) is 2.51. The second kappa shape index (κ2) is 9.40. The summed E-state index contributed by atoms with van der Waals surface area (Å²) in [5.74, 6) is -0.160. The monoisotopic (exact) mass is 433 g/mol. The molecule has 0 aliphatic carbocycles. The average molecular weight is 433 g/mol. The number of alkyl halides is 3. The van der Waals surface area contributed by atoms with Gasteiger partial charge >= 0.3 is 6.18 Å². The fraction of sp³-hybridized carbons (Fsp3) is 0.273. The van der Waals surface area contributed by atoms with Crippen molar-refractivity contribution in [1.29, 1.82) is 0 Å².